The lowest BCUT2D eigenvalue weighted by atomic mass is 9.99. The van der Waals surface area contributed by atoms with E-state index in [1.54, 1.807) is 25.1 Å². The van der Waals surface area contributed by atoms with Crippen LogP contribution in [0.5, 0.6) is 0 Å². The Morgan fingerprint density at radius 1 is 0.652 bits per heavy atom. The molecule has 0 saturated carbocycles. The summed E-state index contributed by atoms with van der Waals surface area (Å²) in [6, 6.07) is 14.9. The molecule has 0 atom stereocenters. The maximum absolute atomic E-state index is 13.7. The van der Waals surface area contributed by atoms with Crippen molar-refractivity contribution in [2.24, 2.45) is 0 Å². The summed E-state index contributed by atoms with van der Waals surface area (Å²) in [7, 11) is 0. The molecular formula is C19H12Cl2F2. The van der Waals surface area contributed by atoms with Crippen LogP contribution in [0.4, 0.5) is 8.78 Å². The van der Waals surface area contributed by atoms with Crippen molar-refractivity contribution in [2.75, 3.05) is 0 Å². The number of benzene rings is 3. The Hall–Kier alpha value is -1.90. The van der Waals surface area contributed by atoms with Gasteiger partial charge in [0.25, 0.3) is 0 Å². The van der Waals surface area contributed by atoms with Crippen molar-refractivity contribution in [3.63, 3.8) is 0 Å². The first-order chi connectivity index (χ1) is 11.0. The smallest absolute Gasteiger partial charge is 0.141 e. The van der Waals surface area contributed by atoms with Gasteiger partial charge in [-0.1, -0.05) is 53.5 Å². The third-order valence-corrected chi connectivity index (χ3v) is 4.31. The summed E-state index contributed by atoms with van der Waals surface area (Å²) in [5.41, 5.74) is 3.62. The van der Waals surface area contributed by atoms with Gasteiger partial charge < -0.3 is 0 Å². The van der Waals surface area contributed by atoms with Crippen LogP contribution < -0.4 is 0 Å². The maximum Gasteiger partial charge on any atom is 0.141 e. The van der Waals surface area contributed by atoms with Gasteiger partial charge in [0.2, 0.25) is 0 Å². The molecule has 3 rings (SSSR count). The second-order valence-corrected chi connectivity index (χ2v) is 6.10. The molecule has 0 radical (unpaired) electrons. The van der Waals surface area contributed by atoms with Gasteiger partial charge in [0, 0.05) is 10.6 Å². The highest BCUT2D eigenvalue weighted by Gasteiger charge is 2.09. The highest BCUT2D eigenvalue weighted by Crippen LogP contribution is 2.34. The van der Waals surface area contributed by atoms with Crippen molar-refractivity contribution < 1.29 is 8.78 Å². The summed E-state index contributed by atoms with van der Waals surface area (Å²) in [6.07, 6.45) is 0. The predicted octanol–water partition coefficient (Wildman–Crippen LogP) is 6.91. The van der Waals surface area contributed by atoms with Gasteiger partial charge in [0.15, 0.2) is 0 Å². The lowest BCUT2D eigenvalue weighted by Crippen LogP contribution is -1.87. The number of halogens is 4. The topological polar surface area (TPSA) is 0 Å². The van der Waals surface area contributed by atoms with Crippen LogP contribution in [-0.4, -0.2) is 0 Å². The molecule has 0 fully saturated rings. The van der Waals surface area contributed by atoms with Gasteiger partial charge in [-0.05, 0) is 53.4 Å². The van der Waals surface area contributed by atoms with Gasteiger partial charge in [-0.25, -0.2) is 8.78 Å². The molecule has 0 saturated heterocycles. The minimum atomic E-state index is -0.474. The zero-order chi connectivity index (χ0) is 16.6. The molecule has 0 bridgehead atoms. The number of hydrogen-bond acceptors (Lipinski definition) is 0. The van der Waals surface area contributed by atoms with Crippen LogP contribution in [0.3, 0.4) is 0 Å². The molecule has 3 aromatic rings. The highest BCUT2D eigenvalue weighted by molar-refractivity contribution is 6.34. The normalized spacial score (nSPS) is 10.8. The third-order valence-electron chi connectivity index (χ3n) is 3.70. The Morgan fingerprint density at radius 2 is 1.26 bits per heavy atom. The Bertz CT molecular complexity index is 889. The molecule has 4 heteroatoms. The molecule has 0 spiro atoms. The minimum Gasteiger partial charge on any atom is -0.207 e. The van der Waals surface area contributed by atoms with E-state index in [4.69, 9.17) is 23.2 Å². The summed E-state index contributed by atoms with van der Waals surface area (Å²) < 4.78 is 27.0. The van der Waals surface area contributed by atoms with E-state index in [1.165, 1.54) is 18.2 Å². The van der Waals surface area contributed by atoms with Gasteiger partial charge in [0.1, 0.15) is 11.6 Å². The average Bonchev–Trinajstić information content (AvgIpc) is 2.53. The maximum atomic E-state index is 13.7. The van der Waals surface area contributed by atoms with Crippen LogP contribution in [0.25, 0.3) is 22.3 Å². The Kier molecular flexibility index (Phi) is 4.38. The average molecular weight is 349 g/mol. The molecule has 0 heterocycles. The number of aryl methyl sites for hydroxylation is 1. The highest BCUT2D eigenvalue weighted by atomic mass is 35.5. The second-order valence-electron chi connectivity index (χ2n) is 5.29. The molecule has 0 aliphatic carbocycles. The molecule has 0 unspecified atom stereocenters. The van der Waals surface area contributed by atoms with Gasteiger partial charge in [-0.15, -0.1) is 0 Å². The van der Waals surface area contributed by atoms with E-state index in [9.17, 15) is 8.78 Å². The molecule has 0 aromatic heterocycles. The van der Waals surface area contributed by atoms with Gasteiger partial charge in [0.05, 0.1) is 5.02 Å². The standard InChI is InChI=1S/C19H12Cl2F2/c1-11-2-3-13(10-19(11)23)12-4-6-15(16(20)8-12)14-5-7-18(22)17(21)9-14/h2-10H,1H3. The molecule has 116 valence electrons. The summed E-state index contributed by atoms with van der Waals surface area (Å²) in [5.74, 6) is -0.730. The number of rotatable bonds is 2. The van der Waals surface area contributed by atoms with Crippen LogP contribution in [0.1, 0.15) is 5.56 Å². The molecule has 0 aliphatic heterocycles. The Balaban J connectivity index is 2.03. The van der Waals surface area contributed by atoms with Crippen molar-refractivity contribution in [1.82, 2.24) is 0 Å². The fourth-order valence-electron chi connectivity index (χ4n) is 2.36. The van der Waals surface area contributed by atoms with E-state index in [1.807, 2.05) is 18.2 Å². The van der Waals surface area contributed by atoms with E-state index >= 15 is 0 Å². The summed E-state index contributed by atoms with van der Waals surface area (Å²) in [5, 5.41) is 0.536. The summed E-state index contributed by atoms with van der Waals surface area (Å²) in [6.45, 7) is 1.72. The van der Waals surface area contributed by atoms with Crippen LogP contribution in [0.15, 0.2) is 54.6 Å². The third kappa shape index (κ3) is 3.24. The van der Waals surface area contributed by atoms with Crippen LogP contribution in [-0.2, 0) is 0 Å². The molecule has 0 N–H and O–H groups in total. The molecular weight excluding hydrogens is 337 g/mol. The first-order valence-electron chi connectivity index (χ1n) is 6.97. The van der Waals surface area contributed by atoms with Gasteiger partial charge >= 0.3 is 0 Å². The quantitative estimate of drug-likeness (QED) is 0.471. The van der Waals surface area contributed by atoms with Crippen LogP contribution >= 0.6 is 23.2 Å². The van der Waals surface area contributed by atoms with E-state index in [2.05, 4.69) is 0 Å². The van der Waals surface area contributed by atoms with Gasteiger partial charge in [-0.2, -0.15) is 0 Å². The van der Waals surface area contributed by atoms with Crippen LogP contribution in [0, 0.1) is 18.6 Å². The molecule has 23 heavy (non-hydrogen) atoms. The van der Waals surface area contributed by atoms with E-state index in [0.29, 0.717) is 10.6 Å². The van der Waals surface area contributed by atoms with Crippen molar-refractivity contribution >= 4 is 23.2 Å². The van der Waals surface area contributed by atoms with E-state index in [0.717, 1.165) is 22.3 Å². The van der Waals surface area contributed by atoms with Gasteiger partial charge in [-0.3, -0.25) is 0 Å². The second kappa shape index (κ2) is 6.31. The monoisotopic (exact) mass is 348 g/mol. The first-order valence-corrected chi connectivity index (χ1v) is 7.73. The van der Waals surface area contributed by atoms with Crippen LogP contribution in [0.2, 0.25) is 10.0 Å². The van der Waals surface area contributed by atoms with Crippen molar-refractivity contribution in [3.8, 4) is 22.3 Å². The Labute approximate surface area is 143 Å². The zero-order valence-electron chi connectivity index (χ0n) is 12.2. The van der Waals surface area contributed by atoms with Crippen molar-refractivity contribution in [2.45, 2.75) is 6.92 Å². The van der Waals surface area contributed by atoms with Crippen molar-refractivity contribution in [3.05, 3.63) is 81.8 Å². The lowest BCUT2D eigenvalue weighted by Gasteiger charge is -2.09. The molecule has 3 aromatic carbocycles. The predicted molar refractivity (Wildman–Crippen MR) is 92.0 cm³/mol. The zero-order valence-corrected chi connectivity index (χ0v) is 13.7. The van der Waals surface area contributed by atoms with E-state index < -0.39 is 5.82 Å². The fraction of sp³-hybridized carbons (Fsp3) is 0.0526. The molecule has 0 amide bonds. The summed E-state index contributed by atoms with van der Waals surface area (Å²) >= 11 is 12.2. The molecule has 0 aliphatic rings. The minimum absolute atomic E-state index is 0.0447. The lowest BCUT2D eigenvalue weighted by molar-refractivity contribution is 0.619. The van der Waals surface area contributed by atoms with E-state index in [-0.39, 0.29) is 10.8 Å². The largest absolute Gasteiger partial charge is 0.207 e. The molecule has 0 nitrogen and oxygen atoms in total. The summed E-state index contributed by atoms with van der Waals surface area (Å²) in [4.78, 5) is 0. The SMILES string of the molecule is Cc1ccc(-c2ccc(-c3ccc(F)c(Cl)c3)c(Cl)c2)cc1F. The fourth-order valence-corrected chi connectivity index (χ4v) is 2.84. The number of hydrogen-bond donors (Lipinski definition) is 0. The Morgan fingerprint density at radius 3 is 1.91 bits per heavy atom. The van der Waals surface area contributed by atoms with Crippen molar-refractivity contribution in [1.29, 1.82) is 0 Å². The first kappa shape index (κ1) is 16.0.